The van der Waals surface area contributed by atoms with E-state index in [1.54, 1.807) is 12.1 Å². The highest BCUT2D eigenvalue weighted by Crippen LogP contribution is 2.38. The lowest BCUT2D eigenvalue weighted by molar-refractivity contribution is -0.121. The molecule has 9 heteroatoms. The number of amides is 2. The molecule has 36 heavy (non-hydrogen) atoms. The third kappa shape index (κ3) is 5.16. The van der Waals surface area contributed by atoms with Crippen molar-refractivity contribution < 1.29 is 18.7 Å². The number of ether oxygens (including phenoxy) is 1. The van der Waals surface area contributed by atoms with Crippen molar-refractivity contribution in [3.8, 4) is 5.75 Å². The first-order chi connectivity index (χ1) is 17.5. The van der Waals surface area contributed by atoms with E-state index in [4.69, 9.17) is 9.84 Å². The smallest absolute Gasteiger partial charge is 0.262 e. The SMILES string of the molecule is COc1ccc(C2=NN(C3=NC(=O)[C@H](CC(=O)Nc4ccc(F)cc4)S3)[C@@H](c3ccccc3)C2)cc1. The Morgan fingerprint density at radius 1 is 1.08 bits per heavy atom. The highest BCUT2D eigenvalue weighted by atomic mass is 32.2. The first kappa shape index (κ1) is 23.7. The van der Waals surface area contributed by atoms with Gasteiger partial charge in [0, 0.05) is 18.5 Å². The van der Waals surface area contributed by atoms with Gasteiger partial charge in [0.2, 0.25) is 5.91 Å². The van der Waals surface area contributed by atoms with Crippen molar-refractivity contribution in [3.63, 3.8) is 0 Å². The van der Waals surface area contributed by atoms with E-state index >= 15 is 0 Å². The predicted molar refractivity (Wildman–Crippen MR) is 139 cm³/mol. The van der Waals surface area contributed by atoms with Crippen LogP contribution in [0.4, 0.5) is 10.1 Å². The van der Waals surface area contributed by atoms with Gasteiger partial charge in [-0.05, 0) is 59.7 Å². The van der Waals surface area contributed by atoms with E-state index in [0.29, 0.717) is 17.3 Å². The molecule has 182 valence electrons. The largest absolute Gasteiger partial charge is 0.497 e. The molecule has 0 radical (unpaired) electrons. The van der Waals surface area contributed by atoms with E-state index in [2.05, 4.69) is 10.3 Å². The molecule has 2 heterocycles. The molecule has 2 aliphatic heterocycles. The van der Waals surface area contributed by atoms with Gasteiger partial charge in [-0.3, -0.25) is 9.59 Å². The summed E-state index contributed by atoms with van der Waals surface area (Å²) in [4.78, 5) is 29.5. The van der Waals surface area contributed by atoms with Crippen molar-refractivity contribution in [2.24, 2.45) is 10.1 Å². The third-order valence-corrected chi connectivity index (χ3v) is 7.08. The van der Waals surface area contributed by atoms with Gasteiger partial charge in [0.15, 0.2) is 5.17 Å². The monoisotopic (exact) mass is 502 g/mol. The van der Waals surface area contributed by atoms with E-state index in [9.17, 15) is 14.0 Å². The number of nitrogens with one attached hydrogen (secondary N) is 1. The van der Waals surface area contributed by atoms with Crippen LogP contribution in [-0.4, -0.2) is 40.1 Å². The number of anilines is 1. The van der Waals surface area contributed by atoms with E-state index in [1.165, 1.54) is 36.0 Å². The van der Waals surface area contributed by atoms with Crippen molar-refractivity contribution in [1.82, 2.24) is 5.01 Å². The van der Waals surface area contributed by atoms with Crippen LogP contribution in [0.25, 0.3) is 0 Å². The second kappa shape index (κ2) is 10.3. The number of carbonyl (C=O) groups excluding carboxylic acids is 2. The molecule has 2 aliphatic rings. The number of thioether (sulfide) groups is 1. The molecule has 0 bridgehead atoms. The van der Waals surface area contributed by atoms with Crippen molar-refractivity contribution in [2.75, 3.05) is 12.4 Å². The fourth-order valence-corrected chi connectivity index (χ4v) is 5.16. The van der Waals surface area contributed by atoms with Crippen LogP contribution in [-0.2, 0) is 9.59 Å². The Kier molecular flexibility index (Phi) is 6.81. The van der Waals surface area contributed by atoms with Gasteiger partial charge in [0.05, 0.1) is 18.9 Å². The minimum atomic E-state index is -0.655. The molecule has 0 fully saturated rings. The van der Waals surface area contributed by atoms with Crippen LogP contribution in [0.1, 0.15) is 30.0 Å². The molecule has 2 atom stereocenters. The Balaban J connectivity index is 1.33. The Morgan fingerprint density at radius 2 is 1.81 bits per heavy atom. The minimum absolute atomic E-state index is 0.0488. The fraction of sp³-hybridized carbons (Fsp3) is 0.185. The molecular weight excluding hydrogens is 479 g/mol. The maximum atomic E-state index is 13.1. The lowest BCUT2D eigenvalue weighted by atomic mass is 9.98. The van der Waals surface area contributed by atoms with Gasteiger partial charge in [-0.2, -0.15) is 10.1 Å². The highest BCUT2D eigenvalue weighted by Gasteiger charge is 2.39. The third-order valence-electron chi connectivity index (χ3n) is 5.94. The van der Waals surface area contributed by atoms with E-state index in [0.717, 1.165) is 22.6 Å². The Bertz CT molecular complexity index is 1330. The molecule has 2 amide bonds. The fourth-order valence-electron chi connectivity index (χ4n) is 4.10. The lowest BCUT2D eigenvalue weighted by Crippen LogP contribution is -2.25. The minimum Gasteiger partial charge on any atom is -0.497 e. The second-order valence-electron chi connectivity index (χ2n) is 8.35. The molecule has 5 rings (SSSR count). The molecule has 3 aromatic carbocycles. The number of carbonyl (C=O) groups is 2. The standard InChI is InChI=1S/C27H23FN4O3S/c1-35-21-13-7-17(8-14-21)22-15-23(18-5-3-2-4-6-18)32(31-22)27-30-26(34)24(36-27)16-25(33)29-20-11-9-19(28)10-12-20/h2-14,23-24H,15-16H2,1H3,(H,29,33)/t23-,24+/m1/s1. The van der Waals surface area contributed by atoms with E-state index < -0.39 is 5.25 Å². The predicted octanol–water partition coefficient (Wildman–Crippen LogP) is 5.01. The van der Waals surface area contributed by atoms with Crippen molar-refractivity contribution >= 4 is 40.1 Å². The molecule has 0 spiro atoms. The summed E-state index contributed by atoms with van der Waals surface area (Å²) >= 11 is 1.24. The molecule has 1 N–H and O–H groups in total. The number of halogens is 1. The molecule has 0 saturated heterocycles. The number of benzene rings is 3. The molecule has 7 nitrogen and oxygen atoms in total. The molecule has 0 aromatic heterocycles. The molecule has 3 aromatic rings. The normalized spacial score (nSPS) is 19.2. The first-order valence-corrected chi connectivity index (χ1v) is 12.3. The number of aliphatic imine (C=N–C) groups is 1. The van der Waals surface area contributed by atoms with Gasteiger partial charge < -0.3 is 10.1 Å². The summed E-state index contributed by atoms with van der Waals surface area (Å²) < 4.78 is 18.4. The second-order valence-corrected chi connectivity index (χ2v) is 9.52. The Morgan fingerprint density at radius 3 is 2.50 bits per heavy atom. The van der Waals surface area contributed by atoms with Crippen LogP contribution in [0.5, 0.6) is 5.75 Å². The Hall–Kier alpha value is -3.98. The quantitative estimate of drug-likeness (QED) is 0.512. The summed E-state index contributed by atoms with van der Waals surface area (Å²) in [6.45, 7) is 0. The number of amidine groups is 1. The summed E-state index contributed by atoms with van der Waals surface area (Å²) in [6.07, 6.45) is 0.590. The highest BCUT2D eigenvalue weighted by molar-refractivity contribution is 8.15. The van der Waals surface area contributed by atoms with Crippen LogP contribution in [0.15, 0.2) is 89.0 Å². The van der Waals surface area contributed by atoms with Crippen LogP contribution in [0, 0.1) is 5.82 Å². The summed E-state index contributed by atoms with van der Waals surface area (Å²) in [5.41, 5.74) is 3.36. The van der Waals surface area contributed by atoms with Crippen molar-refractivity contribution in [1.29, 1.82) is 0 Å². The average Bonchev–Trinajstić information content (AvgIpc) is 3.50. The number of methoxy groups -OCH3 is 1. The van der Waals surface area contributed by atoms with E-state index in [-0.39, 0.29) is 30.1 Å². The van der Waals surface area contributed by atoms with Gasteiger partial charge in [0.25, 0.3) is 5.91 Å². The van der Waals surface area contributed by atoms with Crippen molar-refractivity contribution in [2.45, 2.75) is 24.1 Å². The van der Waals surface area contributed by atoms with Gasteiger partial charge in [-0.1, -0.05) is 42.1 Å². The topological polar surface area (TPSA) is 83.4 Å². The van der Waals surface area contributed by atoms with E-state index in [1.807, 2.05) is 54.6 Å². The summed E-state index contributed by atoms with van der Waals surface area (Å²) in [7, 11) is 1.62. The zero-order valence-electron chi connectivity index (χ0n) is 19.4. The maximum absolute atomic E-state index is 13.1. The summed E-state index contributed by atoms with van der Waals surface area (Å²) in [5, 5.41) is 9.15. The number of hydrogen-bond donors (Lipinski definition) is 1. The maximum Gasteiger partial charge on any atom is 0.262 e. The number of rotatable bonds is 6. The van der Waals surface area contributed by atoms with Crippen LogP contribution < -0.4 is 10.1 Å². The summed E-state index contributed by atoms with van der Waals surface area (Å²) in [6, 6.07) is 23.0. The molecule has 0 aliphatic carbocycles. The van der Waals surface area contributed by atoms with Crippen LogP contribution in [0.3, 0.4) is 0 Å². The molecule has 0 saturated carbocycles. The molecule has 0 unspecified atom stereocenters. The number of hydrogen-bond acceptors (Lipinski definition) is 6. The zero-order chi connectivity index (χ0) is 25.1. The average molecular weight is 503 g/mol. The number of hydrazone groups is 1. The Labute approximate surface area is 212 Å². The van der Waals surface area contributed by atoms with Gasteiger partial charge in [-0.15, -0.1) is 0 Å². The summed E-state index contributed by atoms with van der Waals surface area (Å²) in [5.74, 6) is -0.339. The first-order valence-electron chi connectivity index (χ1n) is 11.4. The number of nitrogens with zero attached hydrogens (tertiary/aromatic N) is 3. The van der Waals surface area contributed by atoms with Gasteiger partial charge in [0.1, 0.15) is 16.8 Å². The van der Waals surface area contributed by atoms with Crippen molar-refractivity contribution in [3.05, 3.63) is 95.8 Å². The van der Waals surface area contributed by atoms with Crippen LogP contribution >= 0.6 is 11.8 Å². The van der Waals surface area contributed by atoms with Crippen LogP contribution in [0.2, 0.25) is 0 Å². The zero-order valence-corrected chi connectivity index (χ0v) is 20.2. The lowest BCUT2D eigenvalue weighted by Gasteiger charge is -2.23. The van der Waals surface area contributed by atoms with Gasteiger partial charge >= 0.3 is 0 Å². The molecular formula is C27H23FN4O3S. The van der Waals surface area contributed by atoms with Gasteiger partial charge in [-0.25, -0.2) is 9.40 Å².